The van der Waals surface area contributed by atoms with Crippen molar-refractivity contribution < 1.29 is 9.72 Å². The van der Waals surface area contributed by atoms with E-state index in [1.807, 2.05) is 4.90 Å². The average Bonchev–Trinajstić information content (AvgIpc) is 2.46. The van der Waals surface area contributed by atoms with Gasteiger partial charge in [-0.05, 0) is 31.4 Å². The Morgan fingerprint density at radius 1 is 1.30 bits per heavy atom. The van der Waals surface area contributed by atoms with Crippen LogP contribution in [0.15, 0.2) is 18.2 Å². The summed E-state index contributed by atoms with van der Waals surface area (Å²) in [6.07, 6.45) is 3.26. The number of piperidine rings is 1. The van der Waals surface area contributed by atoms with Crippen LogP contribution in [0.5, 0.6) is 0 Å². The lowest BCUT2D eigenvalue weighted by molar-refractivity contribution is -0.384. The predicted molar refractivity (Wildman–Crippen MR) is 78.2 cm³/mol. The molecule has 6 nitrogen and oxygen atoms in total. The molecule has 1 aromatic rings. The maximum absolute atomic E-state index is 11.4. The molecule has 0 bridgehead atoms. The van der Waals surface area contributed by atoms with Crippen LogP contribution in [0.3, 0.4) is 0 Å². The van der Waals surface area contributed by atoms with Gasteiger partial charge in [-0.3, -0.25) is 14.9 Å². The van der Waals surface area contributed by atoms with Crippen molar-refractivity contribution in [3.8, 4) is 0 Å². The summed E-state index contributed by atoms with van der Waals surface area (Å²) in [4.78, 5) is 25.8. The minimum absolute atomic E-state index is 0.0940. The van der Waals surface area contributed by atoms with Crippen LogP contribution in [0, 0.1) is 10.1 Å². The Morgan fingerprint density at radius 2 is 1.95 bits per heavy atom. The summed E-state index contributed by atoms with van der Waals surface area (Å²) in [7, 11) is 1.67. The van der Waals surface area contributed by atoms with Crippen molar-refractivity contribution in [3.63, 3.8) is 0 Å². The molecular weight excluding hydrogens is 258 g/mol. The second-order valence-corrected chi connectivity index (χ2v) is 5.06. The smallest absolute Gasteiger partial charge is 0.292 e. The van der Waals surface area contributed by atoms with E-state index < -0.39 is 0 Å². The number of carbonyl (C=O) groups is 1. The molecule has 0 N–H and O–H groups in total. The van der Waals surface area contributed by atoms with Crippen LogP contribution in [0.2, 0.25) is 0 Å². The van der Waals surface area contributed by atoms with Gasteiger partial charge in [0.05, 0.1) is 4.92 Å². The van der Waals surface area contributed by atoms with Gasteiger partial charge in [0, 0.05) is 38.8 Å². The lowest BCUT2D eigenvalue weighted by Crippen LogP contribution is -2.30. The van der Waals surface area contributed by atoms with Gasteiger partial charge in [0.2, 0.25) is 5.91 Å². The second kappa shape index (κ2) is 5.90. The first-order chi connectivity index (χ1) is 9.50. The van der Waals surface area contributed by atoms with Gasteiger partial charge in [-0.25, -0.2) is 0 Å². The van der Waals surface area contributed by atoms with E-state index in [0.29, 0.717) is 11.4 Å². The van der Waals surface area contributed by atoms with Crippen LogP contribution >= 0.6 is 0 Å². The number of nitrogens with zero attached hydrogens (tertiary/aromatic N) is 3. The number of carbonyl (C=O) groups excluding carboxylic acids is 1. The number of hydrogen-bond donors (Lipinski definition) is 0. The van der Waals surface area contributed by atoms with Crippen molar-refractivity contribution in [2.45, 2.75) is 26.2 Å². The molecule has 0 saturated carbocycles. The zero-order chi connectivity index (χ0) is 14.7. The molecule has 0 aliphatic carbocycles. The lowest BCUT2D eigenvalue weighted by atomic mass is 10.1. The van der Waals surface area contributed by atoms with Gasteiger partial charge in [0.15, 0.2) is 0 Å². The summed E-state index contributed by atoms with van der Waals surface area (Å²) in [5.74, 6) is -0.0940. The Labute approximate surface area is 118 Å². The molecule has 0 spiro atoms. The molecule has 1 aromatic carbocycles. The molecule has 0 atom stereocenters. The highest BCUT2D eigenvalue weighted by Gasteiger charge is 2.22. The molecule has 2 rings (SSSR count). The largest absolute Gasteiger partial charge is 0.366 e. The monoisotopic (exact) mass is 277 g/mol. The Balaban J connectivity index is 2.41. The lowest BCUT2D eigenvalue weighted by Gasteiger charge is -2.29. The molecule has 20 heavy (non-hydrogen) atoms. The van der Waals surface area contributed by atoms with Crippen LogP contribution in [-0.2, 0) is 4.79 Å². The highest BCUT2D eigenvalue weighted by molar-refractivity contribution is 5.92. The molecule has 0 unspecified atom stereocenters. The Kier molecular flexibility index (Phi) is 4.22. The standard InChI is InChI=1S/C14H19N3O3/c1-11(18)15(2)12-6-7-13(17(19)20)14(10-12)16-8-4-3-5-9-16/h6-7,10H,3-5,8-9H2,1-2H3. The predicted octanol–water partition coefficient (Wildman–Crippen LogP) is 2.57. The maximum atomic E-state index is 11.4. The molecule has 1 heterocycles. The van der Waals surface area contributed by atoms with E-state index in [4.69, 9.17) is 0 Å². The summed E-state index contributed by atoms with van der Waals surface area (Å²) in [6.45, 7) is 3.13. The maximum Gasteiger partial charge on any atom is 0.292 e. The summed E-state index contributed by atoms with van der Waals surface area (Å²) in [6, 6.07) is 4.84. The number of anilines is 2. The molecular formula is C14H19N3O3. The number of nitro groups is 1. The van der Waals surface area contributed by atoms with Gasteiger partial charge in [-0.1, -0.05) is 0 Å². The molecule has 6 heteroatoms. The topological polar surface area (TPSA) is 66.7 Å². The average molecular weight is 277 g/mol. The molecule has 0 aromatic heterocycles. The minimum Gasteiger partial charge on any atom is -0.366 e. The van der Waals surface area contributed by atoms with Crippen LogP contribution in [0.25, 0.3) is 0 Å². The third-order valence-electron chi connectivity index (χ3n) is 3.71. The number of benzene rings is 1. The van der Waals surface area contributed by atoms with Crippen molar-refractivity contribution in [2.24, 2.45) is 0 Å². The molecule has 1 aliphatic heterocycles. The first-order valence-corrected chi connectivity index (χ1v) is 6.78. The molecule has 1 saturated heterocycles. The van der Waals surface area contributed by atoms with Crippen molar-refractivity contribution >= 4 is 23.0 Å². The normalized spacial score (nSPS) is 15.0. The molecule has 108 valence electrons. The van der Waals surface area contributed by atoms with Gasteiger partial charge in [-0.15, -0.1) is 0 Å². The highest BCUT2D eigenvalue weighted by Crippen LogP contribution is 2.33. The summed E-state index contributed by atoms with van der Waals surface area (Å²) in [5, 5.41) is 11.2. The molecule has 1 aliphatic rings. The zero-order valence-corrected chi connectivity index (χ0v) is 11.8. The second-order valence-electron chi connectivity index (χ2n) is 5.06. The van der Waals surface area contributed by atoms with Crippen molar-refractivity contribution in [2.75, 3.05) is 29.9 Å². The molecule has 1 fully saturated rings. The van der Waals surface area contributed by atoms with Gasteiger partial charge in [0.25, 0.3) is 5.69 Å². The van der Waals surface area contributed by atoms with E-state index in [1.165, 1.54) is 17.9 Å². The van der Waals surface area contributed by atoms with E-state index >= 15 is 0 Å². The Bertz CT molecular complexity index is 524. The number of rotatable bonds is 3. The van der Waals surface area contributed by atoms with Crippen LogP contribution < -0.4 is 9.80 Å². The fourth-order valence-corrected chi connectivity index (χ4v) is 2.44. The summed E-state index contributed by atoms with van der Waals surface area (Å²) >= 11 is 0. The van der Waals surface area contributed by atoms with Gasteiger partial charge >= 0.3 is 0 Å². The van der Waals surface area contributed by atoms with Crippen LogP contribution in [0.4, 0.5) is 17.1 Å². The summed E-state index contributed by atoms with van der Waals surface area (Å²) in [5.41, 5.74) is 1.40. The van der Waals surface area contributed by atoms with E-state index in [1.54, 1.807) is 19.2 Å². The van der Waals surface area contributed by atoms with Gasteiger partial charge in [-0.2, -0.15) is 0 Å². The first kappa shape index (κ1) is 14.3. The number of hydrogen-bond acceptors (Lipinski definition) is 4. The van der Waals surface area contributed by atoms with Crippen LogP contribution in [0.1, 0.15) is 26.2 Å². The first-order valence-electron chi connectivity index (χ1n) is 6.78. The molecule has 1 amide bonds. The number of nitro benzene ring substituents is 1. The van der Waals surface area contributed by atoms with Crippen molar-refractivity contribution in [1.29, 1.82) is 0 Å². The third kappa shape index (κ3) is 2.89. The Morgan fingerprint density at radius 3 is 2.50 bits per heavy atom. The third-order valence-corrected chi connectivity index (χ3v) is 3.71. The zero-order valence-electron chi connectivity index (χ0n) is 11.8. The highest BCUT2D eigenvalue weighted by atomic mass is 16.6. The van der Waals surface area contributed by atoms with E-state index in [-0.39, 0.29) is 16.5 Å². The Hall–Kier alpha value is -2.11. The fourth-order valence-electron chi connectivity index (χ4n) is 2.44. The van der Waals surface area contributed by atoms with Crippen LogP contribution in [-0.4, -0.2) is 31.0 Å². The van der Waals surface area contributed by atoms with E-state index in [2.05, 4.69) is 0 Å². The quantitative estimate of drug-likeness (QED) is 0.629. The number of amides is 1. The SMILES string of the molecule is CC(=O)N(C)c1ccc([N+](=O)[O-])c(N2CCCCC2)c1. The minimum atomic E-state index is -0.360. The van der Waals surface area contributed by atoms with Crippen molar-refractivity contribution in [1.82, 2.24) is 0 Å². The van der Waals surface area contributed by atoms with E-state index in [9.17, 15) is 14.9 Å². The van der Waals surface area contributed by atoms with E-state index in [0.717, 1.165) is 32.4 Å². The fraction of sp³-hybridized carbons (Fsp3) is 0.500. The molecule has 0 radical (unpaired) electrons. The van der Waals surface area contributed by atoms with Crippen molar-refractivity contribution in [3.05, 3.63) is 28.3 Å². The van der Waals surface area contributed by atoms with Gasteiger partial charge in [0.1, 0.15) is 5.69 Å². The summed E-state index contributed by atoms with van der Waals surface area (Å²) < 4.78 is 0. The van der Waals surface area contributed by atoms with Gasteiger partial charge < -0.3 is 9.80 Å².